The summed E-state index contributed by atoms with van der Waals surface area (Å²) in [7, 11) is 2.12. The zero-order valence-corrected chi connectivity index (χ0v) is 19.4. The fourth-order valence-electron chi connectivity index (χ4n) is 3.13. The largest absolute Gasteiger partial charge is 0.344 e. The van der Waals surface area contributed by atoms with Crippen LogP contribution in [-0.2, 0) is 7.05 Å². The van der Waals surface area contributed by atoms with Gasteiger partial charge in [0.05, 0.1) is 0 Å². The molecule has 3 rings (SSSR count). The van der Waals surface area contributed by atoms with Crippen molar-refractivity contribution >= 4 is 35.2 Å². The van der Waals surface area contributed by atoms with Gasteiger partial charge in [0.25, 0.3) is 0 Å². The lowest BCUT2D eigenvalue weighted by molar-refractivity contribution is 0.924. The van der Waals surface area contributed by atoms with Crippen LogP contribution in [0.4, 0.5) is 0 Å². The molecule has 0 spiro atoms. The summed E-state index contributed by atoms with van der Waals surface area (Å²) >= 11 is 0. The molecule has 152 valence electrons. The van der Waals surface area contributed by atoms with Crippen molar-refractivity contribution in [3.05, 3.63) is 69.5 Å². The summed E-state index contributed by atoms with van der Waals surface area (Å²) < 4.78 is 2.24. The van der Waals surface area contributed by atoms with E-state index in [1.807, 2.05) is 27.7 Å². The lowest BCUT2D eigenvalue weighted by Crippen LogP contribution is -2.26. The first-order valence-electron chi connectivity index (χ1n) is 10.5. The first-order chi connectivity index (χ1) is 13.7. The molecule has 0 atom stereocenters. The maximum absolute atomic E-state index is 2.24. The van der Waals surface area contributed by atoms with E-state index in [9.17, 15) is 0 Å². The third-order valence-corrected chi connectivity index (χ3v) is 4.37. The molecule has 0 saturated carbocycles. The summed E-state index contributed by atoms with van der Waals surface area (Å²) in [6.07, 6.45) is 8.58. The second-order valence-corrected chi connectivity index (χ2v) is 5.66. The van der Waals surface area contributed by atoms with Gasteiger partial charge in [-0.1, -0.05) is 94.5 Å². The molecule has 0 unspecified atom stereocenters. The molecule has 1 nitrogen and oxygen atoms in total. The van der Waals surface area contributed by atoms with Gasteiger partial charge in [0.2, 0.25) is 0 Å². The highest BCUT2D eigenvalue weighted by molar-refractivity contribution is 5.81. The summed E-state index contributed by atoms with van der Waals surface area (Å²) in [5, 5.41) is 6.60. The van der Waals surface area contributed by atoms with Crippen molar-refractivity contribution in [1.82, 2.24) is 4.57 Å². The Bertz CT molecular complexity index is 1020. The van der Waals surface area contributed by atoms with Gasteiger partial charge < -0.3 is 4.57 Å². The smallest absolute Gasteiger partial charge is 0.0488 e. The number of fused-ring (bicyclic) bond motifs is 1. The SMILES string of the molecule is C/C=c1/cccc/c1=C/C.C/C=c1\c(=C/C)n(C)c2ccccc12.CC.CC. The Kier molecular flexibility index (Phi) is 13.2. The van der Waals surface area contributed by atoms with Gasteiger partial charge >= 0.3 is 0 Å². The van der Waals surface area contributed by atoms with Crippen LogP contribution in [0, 0.1) is 0 Å². The average molecular weight is 378 g/mol. The van der Waals surface area contributed by atoms with Gasteiger partial charge in [-0.3, -0.25) is 0 Å². The van der Waals surface area contributed by atoms with E-state index in [1.54, 1.807) is 0 Å². The minimum Gasteiger partial charge on any atom is -0.344 e. The average Bonchev–Trinajstić information content (AvgIpc) is 3.07. The van der Waals surface area contributed by atoms with E-state index in [0.717, 1.165) is 0 Å². The molecule has 0 amide bonds. The molecule has 2 aromatic carbocycles. The second kappa shape index (κ2) is 14.5. The van der Waals surface area contributed by atoms with E-state index in [2.05, 4.69) is 112 Å². The number of para-hydroxylation sites is 1. The predicted molar refractivity (Wildman–Crippen MR) is 131 cm³/mol. The van der Waals surface area contributed by atoms with E-state index in [-0.39, 0.29) is 0 Å². The van der Waals surface area contributed by atoms with Gasteiger partial charge in [-0.25, -0.2) is 0 Å². The molecule has 0 aliphatic heterocycles. The van der Waals surface area contributed by atoms with E-state index < -0.39 is 0 Å². The Morgan fingerprint density at radius 3 is 1.50 bits per heavy atom. The fourth-order valence-corrected chi connectivity index (χ4v) is 3.13. The molecule has 28 heavy (non-hydrogen) atoms. The molecular formula is C27H39N. The van der Waals surface area contributed by atoms with Crippen molar-refractivity contribution < 1.29 is 0 Å². The first-order valence-corrected chi connectivity index (χ1v) is 10.5. The molecule has 0 fully saturated rings. The number of benzene rings is 2. The standard InChI is InChI=1S/C13H15N.C10H12.2C2H6/c1-4-10-11-8-6-7-9-13(11)14(3)12(10)5-2;1-3-9-7-5-6-8-10(9)4-2;2*1-2/h4-9H,1-3H3;3-8H,1-2H3;2*1-2H3/b10-4-,12-5+;9-3-,10-4-;;. The number of hydrogen-bond donors (Lipinski definition) is 0. The Hall–Kier alpha value is -2.54. The fraction of sp³-hybridized carbons (Fsp3) is 0.333. The maximum Gasteiger partial charge on any atom is 0.0488 e. The van der Waals surface area contributed by atoms with Crippen molar-refractivity contribution in [2.45, 2.75) is 55.4 Å². The monoisotopic (exact) mass is 377 g/mol. The van der Waals surface area contributed by atoms with Crippen molar-refractivity contribution in [3.8, 4) is 0 Å². The minimum absolute atomic E-state index is 1.30. The Morgan fingerprint density at radius 1 is 0.607 bits per heavy atom. The van der Waals surface area contributed by atoms with Crippen LogP contribution in [0.25, 0.3) is 35.2 Å². The summed E-state index contributed by atoms with van der Waals surface area (Å²) in [5.74, 6) is 0. The molecule has 0 bridgehead atoms. The van der Waals surface area contributed by atoms with Crippen LogP contribution in [0.1, 0.15) is 55.4 Å². The van der Waals surface area contributed by atoms with Crippen molar-refractivity contribution in [2.24, 2.45) is 7.05 Å². The Labute approximate surface area is 172 Å². The van der Waals surface area contributed by atoms with Crippen LogP contribution in [0.15, 0.2) is 48.5 Å². The van der Waals surface area contributed by atoms with Crippen LogP contribution in [0.2, 0.25) is 0 Å². The first kappa shape index (κ1) is 25.5. The van der Waals surface area contributed by atoms with E-state index >= 15 is 0 Å². The molecular weight excluding hydrogens is 338 g/mol. The van der Waals surface area contributed by atoms with E-state index in [1.165, 1.54) is 31.9 Å². The highest BCUT2D eigenvalue weighted by Gasteiger charge is 2.01. The molecule has 1 aromatic heterocycles. The topological polar surface area (TPSA) is 4.93 Å². The quantitative estimate of drug-likeness (QED) is 0.512. The Balaban J connectivity index is 0.000000460. The van der Waals surface area contributed by atoms with Gasteiger partial charge in [-0.2, -0.15) is 0 Å². The lowest BCUT2D eigenvalue weighted by Gasteiger charge is -1.94. The summed E-state index contributed by atoms with van der Waals surface area (Å²) in [5.41, 5.74) is 1.30. The van der Waals surface area contributed by atoms with Crippen LogP contribution in [0.5, 0.6) is 0 Å². The molecule has 1 heterocycles. The highest BCUT2D eigenvalue weighted by atomic mass is 14.9. The van der Waals surface area contributed by atoms with Gasteiger partial charge in [0.1, 0.15) is 0 Å². The molecule has 0 saturated heterocycles. The number of rotatable bonds is 0. The van der Waals surface area contributed by atoms with Crippen molar-refractivity contribution in [1.29, 1.82) is 0 Å². The molecule has 0 aliphatic rings. The lowest BCUT2D eigenvalue weighted by atomic mass is 10.2. The molecule has 1 heteroatoms. The van der Waals surface area contributed by atoms with Gasteiger partial charge in [0, 0.05) is 28.5 Å². The van der Waals surface area contributed by atoms with E-state index in [4.69, 9.17) is 0 Å². The number of aryl methyl sites for hydroxylation is 1. The molecule has 0 N–H and O–H groups in total. The zero-order chi connectivity index (χ0) is 21.5. The van der Waals surface area contributed by atoms with Gasteiger partial charge in [-0.15, -0.1) is 0 Å². The van der Waals surface area contributed by atoms with Crippen LogP contribution < -0.4 is 21.0 Å². The normalized spacial score (nSPS) is 12.6. The van der Waals surface area contributed by atoms with Crippen LogP contribution in [0.3, 0.4) is 0 Å². The van der Waals surface area contributed by atoms with E-state index in [0.29, 0.717) is 0 Å². The second-order valence-electron chi connectivity index (χ2n) is 5.66. The minimum atomic E-state index is 1.30. The van der Waals surface area contributed by atoms with Crippen molar-refractivity contribution in [2.75, 3.05) is 0 Å². The maximum atomic E-state index is 2.24. The number of aromatic nitrogens is 1. The van der Waals surface area contributed by atoms with Crippen molar-refractivity contribution in [3.63, 3.8) is 0 Å². The number of hydrogen-bond acceptors (Lipinski definition) is 0. The summed E-state index contributed by atoms with van der Waals surface area (Å²) in [6.45, 7) is 16.3. The van der Waals surface area contributed by atoms with Crippen LogP contribution >= 0.6 is 0 Å². The highest BCUT2D eigenvalue weighted by Crippen LogP contribution is 2.06. The van der Waals surface area contributed by atoms with Gasteiger partial charge in [0.15, 0.2) is 0 Å². The summed E-state index contributed by atoms with van der Waals surface area (Å²) in [6, 6.07) is 16.9. The molecule has 3 aromatic rings. The number of nitrogens with zero attached hydrogens (tertiary/aromatic N) is 1. The Morgan fingerprint density at radius 2 is 1.07 bits per heavy atom. The predicted octanol–water partition coefficient (Wildman–Crippen LogP) is 5.12. The zero-order valence-electron chi connectivity index (χ0n) is 19.4. The summed E-state index contributed by atoms with van der Waals surface area (Å²) in [4.78, 5) is 0. The third kappa shape index (κ3) is 6.27. The molecule has 0 aliphatic carbocycles. The molecule has 0 radical (unpaired) electrons. The van der Waals surface area contributed by atoms with Gasteiger partial charge in [-0.05, 0) is 44.2 Å². The van der Waals surface area contributed by atoms with Crippen LogP contribution in [-0.4, -0.2) is 4.57 Å². The third-order valence-electron chi connectivity index (χ3n) is 4.37.